The first-order chi connectivity index (χ1) is 9.77. The molecule has 5 heteroatoms. The van der Waals surface area contributed by atoms with Gasteiger partial charge < -0.3 is 10.6 Å². The van der Waals surface area contributed by atoms with Crippen LogP contribution in [0.2, 0.25) is 0 Å². The van der Waals surface area contributed by atoms with Crippen LogP contribution in [0.5, 0.6) is 0 Å². The van der Waals surface area contributed by atoms with E-state index in [4.69, 9.17) is 0 Å². The van der Waals surface area contributed by atoms with E-state index in [-0.39, 0.29) is 17.4 Å². The first kappa shape index (κ1) is 17.8. The number of rotatable bonds is 6. The highest BCUT2D eigenvalue weighted by molar-refractivity contribution is 7.98. The SMILES string of the molecule is CNc1cc(C(=O)NC(C)CCSC)cc(C(C)(C)C)n1. The van der Waals surface area contributed by atoms with Gasteiger partial charge in [0, 0.05) is 29.8 Å². The molecule has 1 rings (SSSR count). The van der Waals surface area contributed by atoms with Crippen molar-refractivity contribution in [2.75, 3.05) is 24.4 Å². The number of hydrogen-bond acceptors (Lipinski definition) is 4. The molecule has 0 aliphatic heterocycles. The van der Waals surface area contributed by atoms with E-state index in [0.29, 0.717) is 5.56 Å². The molecule has 0 spiro atoms. The van der Waals surface area contributed by atoms with Crippen molar-refractivity contribution in [3.05, 3.63) is 23.4 Å². The van der Waals surface area contributed by atoms with Gasteiger partial charge in [-0.15, -0.1) is 0 Å². The summed E-state index contributed by atoms with van der Waals surface area (Å²) in [7, 11) is 1.82. The predicted molar refractivity (Wildman–Crippen MR) is 92.4 cm³/mol. The topological polar surface area (TPSA) is 54.0 Å². The normalized spacial score (nSPS) is 12.9. The summed E-state index contributed by atoms with van der Waals surface area (Å²) in [5, 5.41) is 6.08. The van der Waals surface area contributed by atoms with Crippen LogP contribution in [-0.4, -0.2) is 36.0 Å². The van der Waals surface area contributed by atoms with E-state index in [9.17, 15) is 4.79 Å². The van der Waals surface area contributed by atoms with Crippen LogP contribution in [0.4, 0.5) is 5.82 Å². The van der Waals surface area contributed by atoms with Crippen molar-refractivity contribution >= 4 is 23.5 Å². The Morgan fingerprint density at radius 2 is 2.05 bits per heavy atom. The van der Waals surface area contributed by atoms with Gasteiger partial charge >= 0.3 is 0 Å². The second-order valence-corrected chi connectivity index (χ2v) is 7.27. The Labute approximate surface area is 132 Å². The van der Waals surface area contributed by atoms with Crippen LogP contribution in [0.1, 0.15) is 50.2 Å². The van der Waals surface area contributed by atoms with Crippen LogP contribution in [0.3, 0.4) is 0 Å². The molecule has 1 heterocycles. The van der Waals surface area contributed by atoms with Crippen LogP contribution < -0.4 is 10.6 Å². The fourth-order valence-electron chi connectivity index (χ4n) is 1.85. The van der Waals surface area contributed by atoms with Crippen molar-refractivity contribution < 1.29 is 4.79 Å². The van der Waals surface area contributed by atoms with Crippen molar-refractivity contribution in [2.45, 2.75) is 45.6 Å². The molecule has 0 saturated heterocycles. The maximum atomic E-state index is 12.4. The summed E-state index contributed by atoms with van der Waals surface area (Å²) in [4.78, 5) is 16.9. The molecule has 21 heavy (non-hydrogen) atoms. The number of nitrogens with zero attached hydrogens (tertiary/aromatic N) is 1. The van der Waals surface area contributed by atoms with E-state index in [0.717, 1.165) is 23.7 Å². The number of carbonyl (C=O) groups excluding carboxylic acids is 1. The maximum absolute atomic E-state index is 12.4. The van der Waals surface area contributed by atoms with Crippen molar-refractivity contribution in [1.29, 1.82) is 0 Å². The lowest BCUT2D eigenvalue weighted by Gasteiger charge is -2.20. The Morgan fingerprint density at radius 3 is 2.57 bits per heavy atom. The summed E-state index contributed by atoms with van der Waals surface area (Å²) in [5.74, 6) is 1.74. The van der Waals surface area contributed by atoms with Gasteiger partial charge in [0.1, 0.15) is 5.82 Å². The molecule has 2 N–H and O–H groups in total. The molecule has 0 fully saturated rings. The van der Waals surface area contributed by atoms with E-state index in [1.165, 1.54) is 0 Å². The highest BCUT2D eigenvalue weighted by Crippen LogP contribution is 2.23. The molecule has 0 aromatic carbocycles. The van der Waals surface area contributed by atoms with E-state index in [1.807, 2.05) is 20.0 Å². The Kier molecular flexibility index (Phi) is 6.52. The fraction of sp³-hybridized carbons (Fsp3) is 0.625. The molecule has 0 aliphatic carbocycles. The zero-order valence-corrected chi connectivity index (χ0v) is 14.7. The second kappa shape index (κ2) is 7.69. The smallest absolute Gasteiger partial charge is 0.251 e. The number of nitrogens with one attached hydrogen (secondary N) is 2. The van der Waals surface area contributed by atoms with Gasteiger partial charge in [0.05, 0.1) is 0 Å². The van der Waals surface area contributed by atoms with E-state index < -0.39 is 0 Å². The zero-order chi connectivity index (χ0) is 16.0. The van der Waals surface area contributed by atoms with Gasteiger partial charge in [-0.05, 0) is 37.5 Å². The Hall–Kier alpha value is -1.23. The molecule has 0 bridgehead atoms. The van der Waals surface area contributed by atoms with Crippen LogP contribution >= 0.6 is 11.8 Å². The van der Waals surface area contributed by atoms with Crippen LogP contribution in [0.25, 0.3) is 0 Å². The van der Waals surface area contributed by atoms with Crippen LogP contribution in [-0.2, 0) is 5.41 Å². The van der Waals surface area contributed by atoms with Crippen molar-refractivity contribution in [3.8, 4) is 0 Å². The second-order valence-electron chi connectivity index (χ2n) is 6.28. The number of aromatic nitrogens is 1. The van der Waals surface area contributed by atoms with Gasteiger partial charge in [-0.3, -0.25) is 4.79 Å². The predicted octanol–water partition coefficient (Wildman–Crippen LogP) is 3.29. The molecule has 0 aliphatic rings. The summed E-state index contributed by atoms with van der Waals surface area (Å²) in [5.41, 5.74) is 1.48. The summed E-state index contributed by atoms with van der Waals surface area (Å²) >= 11 is 1.79. The largest absolute Gasteiger partial charge is 0.373 e. The van der Waals surface area contributed by atoms with Gasteiger partial charge in [-0.1, -0.05) is 20.8 Å². The molecule has 118 valence electrons. The quantitative estimate of drug-likeness (QED) is 0.846. The third kappa shape index (κ3) is 5.58. The average molecular weight is 309 g/mol. The Bertz CT molecular complexity index is 483. The highest BCUT2D eigenvalue weighted by Gasteiger charge is 2.19. The molecule has 1 aromatic rings. The minimum atomic E-state index is -0.0909. The fourth-order valence-corrected chi connectivity index (χ4v) is 2.44. The maximum Gasteiger partial charge on any atom is 0.251 e. The minimum absolute atomic E-state index is 0.0343. The zero-order valence-electron chi connectivity index (χ0n) is 13.9. The molecule has 0 saturated carbocycles. The number of amides is 1. The van der Waals surface area contributed by atoms with Crippen molar-refractivity contribution in [1.82, 2.24) is 10.3 Å². The molecular formula is C16H27N3OS. The van der Waals surface area contributed by atoms with Gasteiger partial charge in [-0.2, -0.15) is 11.8 Å². The van der Waals surface area contributed by atoms with E-state index in [2.05, 4.69) is 42.6 Å². The Balaban J connectivity index is 2.93. The highest BCUT2D eigenvalue weighted by atomic mass is 32.2. The molecule has 1 atom stereocenters. The molecule has 0 radical (unpaired) electrons. The monoisotopic (exact) mass is 309 g/mol. The molecule has 1 amide bonds. The number of pyridine rings is 1. The molecule has 1 aromatic heterocycles. The lowest BCUT2D eigenvalue weighted by atomic mass is 9.90. The molecular weight excluding hydrogens is 282 g/mol. The van der Waals surface area contributed by atoms with E-state index in [1.54, 1.807) is 17.8 Å². The number of thioether (sulfide) groups is 1. The Morgan fingerprint density at radius 1 is 1.38 bits per heavy atom. The summed E-state index contributed by atoms with van der Waals surface area (Å²) in [6.07, 6.45) is 3.05. The number of anilines is 1. The average Bonchev–Trinajstić information content (AvgIpc) is 2.43. The third-order valence-corrected chi connectivity index (χ3v) is 3.89. The molecule has 1 unspecified atom stereocenters. The summed E-state index contributed by atoms with van der Waals surface area (Å²) in [6.45, 7) is 8.33. The summed E-state index contributed by atoms with van der Waals surface area (Å²) < 4.78 is 0. The minimum Gasteiger partial charge on any atom is -0.373 e. The lowest BCUT2D eigenvalue weighted by Crippen LogP contribution is -2.33. The van der Waals surface area contributed by atoms with E-state index >= 15 is 0 Å². The van der Waals surface area contributed by atoms with Crippen molar-refractivity contribution in [3.63, 3.8) is 0 Å². The van der Waals surface area contributed by atoms with Crippen LogP contribution in [0, 0.1) is 0 Å². The first-order valence-corrected chi connectivity index (χ1v) is 8.67. The lowest BCUT2D eigenvalue weighted by molar-refractivity contribution is 0.0939. The third-order valence-electron chi connectivity index (χ3n) is 3.24. The number of carbonyl (C=O) groups is 1. The van der Waals surface area contributed by atoms with Gasteiger partial charge in [-0.25, -0.2) is 4.98 Å². The van der Waals surface area contributed by atoms with Gasteiger partial charge in [0.25, 0.3) is 5.91 Å². The van der Waals surface area contributed by atoms with Crippen LogP contribution in [0.15, 0.2) is 12.1 Å². The molecule has 4 nitrogen and oxygen atoms in total. The number of hydrogen-bond donors (Lipinski definition) is 2. The van der Waals surface area contributed by atoms with Crippen molar-refractivity contribution in [2.24, 2.45) is 0 Å². The standard InChI is InChI=1S/C16H27N3OS/c1-11(7-8-21-6)18-15(20)12-9-13(16(2,3)4)19-14(10-12)17-5/h9-11H,7-8H2,1-6H3,(H,17,19)(H,18,20). The summed E-state index contributed by atoms with van der Waals surface area (Å²) in [6, 6.07) is 3.86. The van der Waals surface area contributed by atoms with Gasteiger partial charge in [0.2, 0.25) is 0 Å². The van der Waals surface area contributed by atoms with Gasteiger partial charge in [0.15, 0.2) is 0 Å². The first-order valence-electron chi connectivity index (χ1n) is 7.28.